The lowest BCUT2D eigenvalue weighted by Gasteiger charge is -2.36. The Bertz CT molecular complexity index is 752. The Hall–Kier alpha value is -1.88. The first-order valence-electron chi connectivity index (χ1n) is 9.00. The van der Waals surface area contributed by atoms with Crippen LogP contribution in [0.15, 0.2) is 24.5 Å². The van der Waals surface area contributed by atoms with Gasteiger partial charge in [-0.2, -0.15) is 0 Å². The number of carbonyl (C=O) groups excluding carboxylic acids is 1. The highest BCUT2D eigenvalue weighted by Crippen LogP contribution is 2.47. The van der Waals surface area contributed by atoms with E-state index in [4.69, 9.17) is 0 Å². The fourth-order valence-electron chi connectivity index (χ4n) is 3.57. The maximum atomic E-state index is 12.5. The molecule has 1 aliphatic carbocycles. The van der Waals surface area contributed by atoms with Gasteiger partial charge in [0, 0.05) is 24.3 Å². The van der Waals surface area contributed by atoms with Crippen molar-refractivity contribution < 1.29 is 4.79 Å². The highest BCUT2D eigenvalue weighted by molar-refractivity contribution is 7.17. The minimum absolute atomic E-state index is 0.103. The second-order valence-corrected chi connectivity index (χ2v) is 8.54. The van der Waals surface area contributed by atoms with Crippen LogP contribution in [0.5, 0.6) is 0 Å². The third-order valence-electron chi connectivity index (χ3n) is 5.68. The smallest absolute Gasteiger partial charge is 0.257 e. The molecule has 0 aromatic carbocycles. The van der Waals surface area contributed by atoms with Gasteiger partial charge in [-0.3, -0.25) is 9.78 Å². The number of nitrogens with zero attached hydrogens (tertiary/aromatic N) is 1. The Morgan fingerprint density at radius 1 is 1.44 bits per heavy atom. The van der Waals surface area contributed by atoms with Gasteiger partial charge in [0.25, 0.3) is 5.91 Å². The third kappa shape index (κ3) is 3.56. The first kappa shape index (κ1) is 17.9. The molecule has 0 saturated heterocycles. The van der Waals surface area contributed by atoms with Crippen LogP contribution < -0.4 is 10.6 Å². The zero-order valence-corrected chi connectivity index (χ0v) is 16.3. The fraction of sp³-hybridized carbons (Fsp3) is 0.500. The van der Waals surface area contributed by atoms with Crippen molar-refractivity contribution in [2.75, 3.05) is 17.7 Å². The van der Waals surface area contributed by atoms with Gasteiger partial charge in [0.15, 0.2) is 0 Å². The second-order valence-electron chi connectivity index (χ2n) is 7.44. The van der Waals surface area contributed by atoms with Gasteiger partial charge in [-0.1, -0.05) is 27.2 Å². The number of amides is 1. The van der Waals surface area contributed by atoms with Gasteiger partial charge in [-0.25, -0.2) is 0 Å². The molecule has 0 spiro atoms. The largest absolute Gasteiger partial charge is 0.385 e. The van der Waals surface area contributed by atoms with Crippen molar-refractivity contribution in [1.82, 2.24) is 4.98 Å². The summed E-state index contributed by atoms with van der Waals surface area (Å²) in [5, 5.41) is 7.31. The molecule has 1 atom stereocenters. The second kappa shape index (κ2) is 7.16. The Balaban J connectivity index is 1.84. The van der Waals surface area contributed by atoms with Gasteiger partial charge in [0.05, 0.1) is 11.3 Å². The molecule has 2 aromatic heterocycles. The molecule has 0 saturated carbocycles. The van der Waals surface area contributed by atoms with Crippen LogP contribution in [0.4, 0.5) is 10.7 Å². The number of pyridine rings is 1. The van der Waals surface area contributed by atoms with Crippen molar-refractivity contribution in [1.29, 1.82) is 0 Å². The number of hydrogen-bond donors (Lipinski definition) is 2. The minimum Gasteiger partial charge on any atom is -0.385 e. The van der Waals surface area contributed by atoms with Gasteiger partial charge in [0.1, 0.15) is 5.00 Å². The molecule has 0 bridgehead atoms. The van der Waals surface area contributed by atoms with E-state index in [2.05, 4.69) is 36.4 Å². The van der Waals surface area contributed by atoms with E-state index in [0.29, 0.717) is 16.9 Å². The highest BCUT2D eigenvalue weighted by Gasteiger charge is 2.33. The standard InChI is InChI=1S/C20H27N3OS/c1-5-20(2,3)14-8-9-15-16(11-14)25-19(17(15)21-4)23-18(24)13-7-6-10-22-12-13/h6-7,10,12,14,21H,5,8-9,11H2,1-4H3,(H,23,24). The van der Waals surface area contributed by atoms with E-state index >= 15 is 0 Å². The molecule has 25 heavy (non-hydrogen) atoms. The van der Waals surface area contributed by atoms with Gasteiger partial charge in [-0.15, -0.1) is 11.3 Å². The molecule has 2 heterocycles. The zero-order valence-electron chi connectivity index (χ0n) is 15.5. The summed E-state index contributed by atoms with van der Waals surface area (Å²) in [6.07, 6.45) is 7.88. The van der Waals surface area contributed by atoms with Crippen molar-refractivity contribution in [3.63, 3.8) is 0 Å². The van der Waals surface area contributed by atoms with Crippen LogP contribution in [0.1, 0.15) is 54.4 Å². The Labute approximate surface area is 154 Å². The molecule has 2 N–H and O–H groups in total. The summed E-state index contributed by atoms with van der Waals surface area (Å²) in [5.74, 6) is 0.601. The Kier molecular flexibility index (Phi) is 5.13. The first-order valence-corrected chi connectivity index (χ1v) is 9.81. The highest BCUT2D eigenvalue weighted by atomic mass is 32.1. The average Bonchev–Trinajstić information content (AvgIpc) is 2.98. The molecular formula is C20H27N3OS. The fourth-order valence-corrected chi connectivity index (χ4v) is 4.90. The van der Waals surface area contributed by atoms with E-state index in [-0.39, 0.29) is 5.91 Å². The summed E-state index contributed by atoms with van der Waals surface area (Å²) in [6.45, 7) is 7.03. The number of nitrogens with one attached hydrogen (secondary N) is 2. The molecular weight excluding hydrogens is 330 g/mol. The van der Waals surface area contributed by atoms with Crippen LogP contribution in [0, 0.1) is 11.3 Å². The average molecular weight is 358 g/mol. The van der Waals surface area contributed by atoms with Crippen LogP contribution in [0.25, 0.3) is 0 Å². The van der Waals surface area contributed by atoms with Crippen molar-refractivity contribution in [3.8, 4) is 0 Å². The zero-order chi connectivity index (χ0) is 18.0. The van der Waals surface area contributed by atoms with E-state index < -0.39 is 0 Å². The van der Waals surface area contributed by atoms with Crippen molar-refractivity contribution in [3.05, 3.63) is 40.5 Å². The molecule has 134 valence electrons. The summed E-state index contributed by atoms with van der Waals surface area (Å²) in [4.78, 5) is 17.9. The summed E-state index contributed by atoms with van der Waals surface area (Å²) < 4.78 is 0. The molecule has 0 aliphatic heterocycles. The number of carbonyl (C=O) groups is 1. The van der Waals surface area contributed by atoms with E-state index in [9.17, 15) is 4.79 Å². The lowest BCUT2D eigenvalue weighted by molar-refractivity contribution is 0.102. The molecule has 1 amide bonds. The molecule has 2 aromatic rings. The predicted octanol–water partition coefficient (Wildman–Crippen LogP) is 4.98. The van der Waals surface area contributed by atoms with Crippen LogP contribution in [0.2, 0.25) is 0 Å². The lowest BCUT2D eigenvalue weighted by Crippen LogP contribution is -2.28. The maximum Gasteiger partial charge on any atom is 0.257 e. The van der Waals surface area contributed by atoms with Crippen molar-refractivity contribution in [2.45, 2.75) is 46.5 Å². The molecule has 4 nitrogen and oxygen atoms in total. The Morgan fingerprint density at radius 2 is 2.24 bits per heavy atom. The summed E-state index contributed by atoms with van der Waals surface area (Å²) in [6, 6.07) is 3.57. The molecule has 0 radical (unpaired) electrons. The Morgan fingerprint density at radius 3 is 2.88 bits per heavy atom. The van der Waals surface area contributed by atoms with E-state index in [1.807, 2.05) is 7.05 Å². The quantitative estimate of drug-likeness (QED) is 0.793. The molecule has 1 unspecified atom stereocenters. The number of fused-ring (bicyclic) bond motifs is 1. The number of aromatic nitrogens is 1. The number of hydrogen-bond acceptors (Lipinski definition) is 4. The van der Waals surface area contributed by atoms with Crippen molar-refractivity contribution >= 4 is 27.9 Å². The van der Waals surface area contributed by atoms with Gasteiger partial charge in [-0.05, 0) is 48.3 Å². The predicted molar refractivity (Wildman–Crippen MR) is 106 cm³/mol. The first-order chi connectivity index (χ1) is 12.0. The monoisotopic (exact) mass is 357 g/mol. The molecule has 5 heteroatoms. The van der Waals surface area contributed by atoms with Crippen LogP contribution in [-0.2, 0) is 12.8 Å². The maximum absolute atomic E-state index is 12.5. The number of thiophene rings is 1. The lowest BCUT2D eigenvalue weighted by atomic mass is 9.70. The van der Waals surface area contributed by atoms with Crippen LogP contribution >= 0.6 is 11.3 Å². The van der Waals surface area contributed by atoms with E-state index in [0.717, 1.165) is 23.5 Å². The van der Waals surface area contributed by atoms with Crippen LogP contribution in [-0.4, -0.2) is 17.9 Å². The normalized spacial score (nSPS) is 17.0. The number of rotatable bonds is 5. The van der Waals surface area contributed by atoms with Crippen LogP contribution in [0.3, 0.4) is 0 Å². The van der Waals surface area contributed by atoms with Crippen molar-refractivity contribution in [2.24, 2.45) is 11.3 Å². The number of anilines is 2. The molecule has 3 rings (SSSR count). The van der Waals surface area contributed by atoms with E-state index in [1.165, 1.54) is 23.3 Å². The van der Waals surface area contributed by atoms with Gasteiger partial charge >= 0.3 is 0 Å². The van der Waals surface area contributed by atoms with Gasteiger partial charge < -0.3 is 10.6 Å². The van der Waals surface area contributed by atoms with E-state index in [1.54, 1.807) is 35.9 Å². The molecule has 1 aliphatic rings. The topological polar surface area (TPSA) is 54.0 Å². The minimum atomic E-state index is -0.103. The molecule has 0 fully saturated rings. The van der Waals surface area contributed by atoms with Gasteiger partial charge in [0.2, 0.25) is 0 Å². The SMILES string of the molecule is CCC(C)(C)C1CCc2c(sc(NC(=O)c3cccnc3)c2NC)C1. The summed E-state index contributed by atoms with van der Waals surface area (Å²) in [7, 11) is 1.93. The summed E-state index contributed by atoms with van der Waals surface area (Å²) in [5.41, 5.74) is 3.42. The summed E-state index contributed by atoms with van der Waals surface area (Å²) >= 11 is 1.73. The third-order valence-corrected chi connectivity index (χ3v) is 6.85.